The fourth-order valence-electron chi connectivity index (χ4n) is 3.61. The van der Waals surface area contributed by atoms with E-state index in [1.807, 2.05) is 4.90 Å². The predicted octanol–water partition coefficient (Wildman–Crippen LogP) is 2.34. The third-order valence-corrected chi connectivity index (χ3v) is 5.34. The van der Waals surface area contributed by atoms with Gasteiger partial charge in [0, 0.05) is 30.5 Å². The van der Waals surface area contributed by atoms with E-state index in [0.29, 0.717) is 42.6 Å². The number of oxazole rings is 1. The normalized spacial score (nSPS) is 19.4. The molecule has 1 amide bonds. The summed E-state index contributed by atoms with van der Waals surface area (Å²) in [7, 11) is 0. The van der Waals surface area contributed by atoms with Gasteiger partial charge < -0.3 is 9.32 Å². The van der Waals surface area contributed by atoms with E-state index in [2.05, 4.69) is 4.98 Å². The van der Waals surface area contributed by atoms with Crippen molar-refractivity contribution >= 4 is 22.8 Å². The van der Waals surface area contributed by atoms with Crippen molar-refractivity contribution in [3.63, 3.8) is 0 Å². The van der Waals surface area contributed by atoms with Crippen molar-refractivity contribution < 1.29 is 14.0 Å². The summed E-state index contributed by atoms with van der Waals surface area (Å²) in [6.07, 6.45) is 4.58. The third-order valence-electron chi connectivity index (χ3n) is 5.34. The highest BCUT2D eigenvalue weighted by atomic mass is 16.4. The Hall–Kier alpha value is -2.37. The molecule has 6 heteroatoms. The van der Waals surface area contributed by atoms with Crippen LogP contribution < -0.4 is 5.76 Å². The molecule has 1 aliphatic carbocycles. The zero-order valence-corrected chi connectivity index (χ0v) is 13.4. The summed E-state index contributed by atoms with van der Waals surface area (Å²) >= 11 is 0. The van der Waals surface area contributed by atoms with Crippen LogP contribution in [0.15, 0.2) is 27.4 Å². The average molecular weight is 328 g/mol. The number of benzene rings is 1. The molecule has 6 nitrogen and oxygen atoms in total. The van der Waals surface area contributed by atoms with Crippen molar-refractivity contribution in [3.8, 4) is 0 Å². The number of H-pyrrole nitrogens is 1. The number of Topliss-reactive ketones (excluding diaryl/α,β-unsaturated/α-hetero) is 1. The summed E-state index contributed by atoms with van der Waals surface area (Å²) in [5, 5.41) is 0. The molecule has 4 rings (SSSR count). The quantitative estimate of drug-likeness (QED) is 0.877. The van der Waals surface area contributed by atoms with E-state index >= 15 is 0 Å². The standard InChI is InChI=1S/C18H20N2O4/c21-16(13-4-5-14-15(10-13)24-18(23)19-14)11-6-8-20(9-7-11)17(22)12-2-1-3-12/h4-5,10-12H,1-3,6-9H2,(H,19,23). The summed E-state index contributed by atoms with van der Waals surface area (Å²) in [4.78, 5) is 40.7. The molecule has 1 N–H and O–H groups in total. The van der Waals surface area contributed by atoms with Gasteiger partial charge in [0.15, 0.2) is 11.4 Å². The molecular formula is C18H20N2O4. The molecule has 1 aromatic heterocycles. The number of carbonyl (C=O) groups is 2. The zero-order chi connectivity index (χ0) is 16.7. The van der Waals surface area contributed by atoms with Crippen LogP contribution in [0.1, 0.15) is 42.5 Å². The topological polar surface area (TPSA) is 83.4 Å². The van der Waals surface area contributed by atoms with Crippen LogP contribution in [-0.2, 0) is 4.79 Å². The summed E-state index contributed by atoms with van der Waals surface area (Å²) in [6, 6.07) is 5.05. The Kier molecular flexibility index (Phi) is 3.75. The highest BCUT2D eigenvalue weighted by Crippen LogP contribution is 2.30. The van der Waals surface area contributed by atoms with Crippen molar-refractivity contribution in [2.45, 2.75) is 32.1 Å². The second-order valence-electron chi connectivity index (χ2n) is 6.82. The van der Waals surface area contributed by atoms with E-state index in [4.69, 9.17) is 4.42 Å². The fourth-order valence-corrected chi connectivity index (χ4v) is 3.61. The molecule has 2 aliphatic rings. The molecule has 24 heavy (non-hydrogen) atoms. The van der Waals surface area contributed by atoms with Gasteiger partial charge in [0.25, 0.3) is 0 Å². The summed E-state index contributed by atoms with van der Waals surface area (Å²) in [6.45, 7) is 1.32. The fraction of sp³-hybridized carbons (Fsp3) is 0.500. The van der Waals surface area contributed by atoms with Crippen LogP contribution in [-0.4, -0.2) is 34.7 Å². The highest BCUT2D eigenvalue weighted by Gasteiger charge is 2.33. The number of hydrogen-bond acceptors (Lipinski definition) is 4. The first-order valence-corrected chi connectivity index (χ1v) is 8.58. The SMILES string of the molecule is O=C(c1ccc2[nH]c(=O)oc2c1)C1CCN(C(=O)C2CCC2)CC1. The van der Waals surface area contributed by atoms with E-state index < -0.39 is 5.76 Å². The number of aromatic nitrogens is 1. The number of carbonyl (C=O) groups excluding carboxylic acids is 2. The van der Waals surface area contributed by atoms with Gasteiger partial charge in [0.05, 0.1) is 5.52 Å². The van der Waals surface area contributed by atoms with Gasteiger partial charge in [-0.25, -0.2) is 4.79 Å². The first kappa shape index (κ1) is 15.2. The molecule has 1 saturated heterocycles. The second kappa shape index (κ2) is 5.92. The molecule has 0 spiro atoms. The summed E-state index contributed by atoms with van der Waals surface area (Å²) < 4.78 is 5.02. The van der Waals surface area contributed by atoms with E-state index in [1.54, 1.807) is 18.2 Å². The molecule has 126 valence electrons. The lowest BCUT2D eigenvalue weighted by Gasteiger charge is -2.36. The molecule has 0 radical (unpaired) electrons. The van der Waals surface area contributed by atoms with Crippen molar-refractivity contribution in [1.82, 2.24) is 9.88 Å². The number of hydrogen-bond donors (Lipinski definition) is 1. The van der Waals surface area contributed by atoms with E-state index in [1.165, 1.54) is 0 Å². The minimum Gasteiger partial charge on any atom is -0.408 e. The van der Waals surface area contributed by atoms with Gasteiger partial charge in [-0.05, 0) is 43.9 Å². The Labute approximate surface area is 138 Å². The molecular weight excluding hydrogens is 308 g/mol. The van der Waals surface area contributed by atoms with Gasteiger partial charge in [-0.2, -0.15) is 0 Å². The largest absolute Gasteiger partial charge is 0.417 e. The van der Waals surface area contributed by atoms with Crippen LogP contribution in [0.4, 0.5) is 0 Å². The lowest BCUT2D eigenvalue weighted by Crippen LogP contribution is -2.44. The highest BCUT2D eigenvalue weighted by molar-refractivity contribution is 6.00. The minimum atomic E-state index is -0.516. The Morgan fingerprint density at radius 2 is 1.83 bits per heavy atom. The number of rotatable bonds is 3. The maximum atomic E-state index is 12.7. The van der Waals surface area contributed by atoms with Crippen LogP contribution in [0.2, 0.25) is 0 Å². The molecule has 2 aromatic rings. The molecule has 0 unspecified atom stereocenters. The van der Waals surface area contributed by atoms with Crippen LogP contribution in [0.3, 0.4) is 0 Å². The van der Waals surface area contributed by atoms with Crippen LogP contribution >= 0.6 is 0 Å². The third kappa shape index (κ3) is 2.66. The molecule has 1 saturated carbocycles. The van der Waals surface area contributed by atoms with Gasteiger partial charge in [-0.3, -0.25) is 14.6 Å². The summed E-state index contributed by atoms with van der Waals surface area (Å²) in [5.41, 5.74) is 1.56. The number of ketones is 1. The number of piperidine rings is 1. The Morgan fingerprint density at radius 1 is 1.08 bits per heavy atom. The summed E-state index contributed by atoms with van der Waals surface area (Å²) in [5.74, 6) is -0.0359. The number of aromatic amines is 1. The lowest BCUT2D eigenvalue weighted by molar-refractivity contribution is -0.139. The maximum Gasteiger partial charge on any atom is 0.417 e. The Morgan fingerprint density at radius 3 is 2.50 bits per heavy atom. The average Bonchev–Trinajstić information content (AvgIpc) is 2.91. The van der Waals surface area contributed by atoms with Crippen LogP contribution in [0.5, 0.6) is 0 Å². The zero-order valence-electron chi connectivity index (χ0n) is 13.4. The first-order chi connectivity index (χ1) is 11.6. The van der Waals surface area contributed by atoms with Gasteiger partial charge in [-0.15, -0.1) is 0 Å². The monoisotopic (exact) mass is 328 g/mol. The minimum absolute atomic E-state index is 0.0662. The van der Waals surface area contributed by atoms with Crippen molar-refractivity contribution in [3.05, 3.63) is 34.3 Å². The first-order valence-electron chi connectivity index (χ1n) is 8.58. The van der Waals surface area contributed by atoms with E-state index in [0.717, 1.165) is 19.3 Å². The molecule has 0 atom stereocenters. The van der Waals surface area contributed by atoms with Gasteiger partial charge in [0.1, 0.15) is 0 Å². The number of amides is 1. The molecule has 0 bridgehead atoms. The molecule has 2 fully saturated rings. The second-order valence-corrected chi connectivity index (χ2v) is 6.82. The van der Waals surface area contributed by atoms with E-state index in [9.17, 15) is 14.4 Å². The number of fused-ring (bicyclic) bond motifs is 1. The predicted molar refractivity (Wildman–Crippen MR) is 87.8 cm³/mol. The van der Waals surface area contributed by atoms with Crippen LogP contribution in [0, 0.1) is 11.8 Å². The van der Waals surface area contributed by atoms with Gasteiger partial charge in [0.2, 0.25) is 5.91 Å². The number of nitrogens with zero attached hydrogens (tertiary/aromatic N) is 1. The lowest BCUT2D eigenvalue weighted by atomic mass is 9.83. The van der Waals surface area contributed by atoms with Crippen LogP contribution in [0.25, 0.3) is 11.1 Å². The number of nitrogens with one attached hydrogen (secondary N) is 1. The smallest absolute Gasteiger partial charge is 0.408 e. The van der Waals surface area contributed by atoms with Gasteiger partial charge >= 0.3 is 5.76 Å². The van der Waals surface area contributed by atoms with Crippen molar-refractivity contribution in [2.24, 2.45) is 11.8 Å². The molecule has 1 aliphatic heterocycles. The maximum absolute atomic E-state index is 12.7. The van der Waals surface area contributed by atoms with Crippen molar-refractivity contribution in [1.29, 1.82) is 0 Å². The number of likely N-dealkylation sites (tertiary alicyclic amines) is 1. The molecule has 2 heterocycles. The Balaban J connectivity index is 1.43. The molecule has 1 aromatic carbocycles. The van der Waals surface area contributed by atoms with E-state index in [-0.39, 0.29) is 23.5 Å². The van der Waals surface area contributed by atoms with Gasteiger partial charge in [-0.1, -0.05) is 6.42 Å². The Bertz CT molecular complexity index is 838. The van der Waals surface area contributed by atoms with Crippen molar-refractivity contribution in [2.75, 3.05) is 13.1 Å².